The van der Waals surface area contributed by atoms with Crippen molar-refractivity contribution in [2.24, 2.45) is 5.92 Å². The Morgan fingerprint density at radius 1 is 1.03 bits per heavy atom. The highest BCUT2D eigenvalue weighted by Crippen LogP contribution is 2.55. The number of carbonyl (C=O) groups is 2. The quantitative estimate of drug-likeness (QED) is 0.713. The molecule has 1 unspecified atom stereocenters. The molecule has 1 aromatic carbocycles. The van der Waals surface area contributed by atoms with Crippen LogP contribution in [0.3, 0.4) is 0 Å². The summed E-state index contributed by atoms with van der Waals surface area (Å²) in [5.41, 5.74) is 2.67. The summed E-state index contributed by atoms with van der Waals surface area (Å²) in [4.78, 5) is 20.5. The highest BCUT2D eigenvalue weighted by Gasteiger charge is 2.52. The third-order valence-electron chi connectivity index (χ3n) is 6.07. The summed E-state index contributed by atoms with van der Waals surface area (Å²) in [6.07, 6.45) is 9.14. The predicted octanol–water partition coefficient (Wildman–Crippen LogP) is 4.22. The number of carboxylic acids is 2. The van der Waals surface area contributed by atoms with Crippen molar-refractivity contribution in [2.45, 2.75) is 70.0 Å². The maximum Gasteiger partial charge on any atom is 0.414 e. The van der Waals surface area contributed by atoms with Crippen LogP contribution in [0.4, 0.5) is 0 Å². The first-order valence-electron chi connectivity index (χ1n) is 10.5. The van der Waals surface area contributed by atoms with Crippen molar-refractivity contribution in [1.29, 1.82) is 0 Å². The molecular weight excluding hydrogens is 370 g/mol. The molecule has 0 bridgehead atoms. The molecule has 1 atom stereocenters. The van der Waals surface area contributed by atoms with Crippen LogP contribution >= 0.6 is 0 Å². The Morgan fingerprint density at radius 3 is 2.10 bits per heavy atom. The van der Waals surface area contributed by atoms with Gasteiger partial charge in [-0.25, -0.2) is 9.59 Å². The second kappa shape index (κ2) is 9.72. The molecule has 1 saturated carbocycles. The summed E-state index contributed by atoms with van der Waals surface area (Å²) >= 11 is 0. The predicted molar refractivity (Wildman–Crippen MR) is 112 cm³/mol. The first-order valence-corrected chi connectivity index (χ1v) is 10.5. The van der Waals surface area contributed by atoms with Crippen LogP contribution < -0.4 is 0 Å². The lowest BCUT2D eigenvalue weighted by Gasteiger charge is -2.42. The van der Waals surface area contributed by atoms with Crippen molar-refractivity contribution in [1.82, 2.24) is 4.90 Å². The van der Waals surface area contributed by atoms with Crippen LogP contribution in [0.5, 0.6) is 0 Å². The molecule has 0 spiro atoms. The van der Waals surface area contributed by atoms with Crippen LogP contribution in [0.15, 0.2) is 24.3 Å². The van der Waals surface area contributed by atoms with Crippen molar-refractivity contribution in [3.8, 4) is 0 Å². The van der Waals surface area contributed by atoms with Gasteiger partial charge in [-0.15, -0.1) is 0 Å². The third-order valence-corrected chi connectivity index (χ3v) is 6.07. The van der Waals surface area contributed by atoms with E-state index in [9.17, 15) is 0 Å². The zero-order valence-corrected chi connectivity index (χ0v) is 18.1. The number of hydrogen-bond donors (Lipinski definition) is 2. The standard InChI is InChI=1S/C21H33NO.C2H2O4/c1-20(2)18-13-8-9-14-19(18)21(23-20,15-10-16-22(3)4)17-11-6-5-7-12-17;3-1(4)2(5)6/h8-9,13-14,17H,5-7,10-12,15-16H2,1-4H3;(H,3,4)(H,5,6). The average molecular weight is 406 g/mol. The summed E-state index contributed by atoms with van der Waals surface area (Å²) in [6.45, 7) is 5.64. The number of hydrogen-bond acceptors (Lipinski definition) is 4. The van der Waals surface area contributed by atoms with Crippen LogP contribution in [-0.2, 0) is 25.5 Å². The Bertz CT molecular complexity index is 697. The summed E-state index contributed by atoms with van der Waals surface area (Å²) in [5.74, 6) is -2.97. The normalized spacial score (nSPS) is 23.2. The van der Waals surface area contributed by atoms with Crippen LogP contribution in [0.25, 0.3) is 0 Å². The van der Waals surface area contributed by atoms with Gasteiger partial charge in [-0.1, -0.05) is 43.5 Å². The van der Waals surface area contributed by atoms with Crippen LogP contribution in [0.2, 0.25) is 0 Å². The molecule has 162 valence electrons. The van der Waals surface area contributed by atoms with Crippen LogP contribution in [0, 0.1) is 5.92 Å². The van der Waals surface area contributed by atoms with Crippen LogP contribution in [-0.4, -0.2) is 47.7 Å². The van der Waals surface area contributed by atoms with E-state index < -0.39 is 11.9 Å². The van der Waals surface area contributed by atoms with Gasteiger partial charge in [0.2, 0.25) is 0 Å². The fraction of sp³-hybridized carbons (Fsp3) is 0.652. The van der Waals surface area contributed by atoms with Gasteiger partial charge in [0.15, 0.2) is 0 Å². The number of ether oxygens (including phenoxy) is 1. The molecule has 0 radical (unpaired) electrons. The monoisotopic (exact) mass is 405 g/mol. The van der Waals surface area contributed by atoms with Gasteiger partial charge in [-0.2, -0.15) is 0 Å². The number of fused-ring (bicyclic) bond motifs is 1. The average Bonchev–Trinajstić information content (AvgIpc) is 2.91. The molecular formula is C23H35NO5. The van der Waals surface area contributed by atoms with Gasteiger partial charge in [-0.3, -0.25) is 0 Å². The molecule has 6 heteroatoms. The molecule has 1 fully saturated rings. The maximum atomic E-state index is 9.10. The summed E-state index contributed by atoms with van der Waals surface area (Å²) < 4.78 is 6.91. The van der Waals surface area contributed by atoms with E-state index in [1.807, 2.05) is 0 Å². The highest BCUT2D eigenvalue weighted by molar-refractivity contribution is 6.27. The van der Waals surface area contributed by atoms with E-state index in [4.69, 9.17) is 24.5 Å². The van der Waals surface area contributed by atoms with E-state index >= 15 is 0 Å². The smallest absolute Gasteiger partial charge is 0.414 e. The van der Waals surface area contributed by atoms with Crippen molar-refractivity contribution in [3.63, 3.8) is 0 Å². The minimum absolute atomic E-state index is 0.0590. The summed E-state index contributed by atoms with van der Waals surface area (Å²) in [5, 5.41) is 14.8. The maximum absolute atomic E-state index is 9.10. The molecule has 3 rings (SSSR count). The number of nitrogens with zero attached hydrogens (tertiary/aromatic N) is 1. The molecule has 1 aliphatic heterocycles. The number of aliphatic carboxylic acids is 2. The van der Waals surface area contributed by atoms with E-state index in [0.717, 1.165) is 13.0 Å². The van der Waals surface area contributed by atoms with Crippen LogP contribution in [0.1, 0.15) is 69.9 Å². The molecule has 0 saturated heterocycles. The van der Waals surface area contributed by atoms with E-state index in [0.29, 0.717) is 5.92 Å². The Balaban J connectivity index is 0.000000438. The third kappa shape index (κ3) is 5.58. The van der Waals surface area contributed by atoms with E-state index in [-0.39, 0.29) is 11.2 Å². The topological polar surface area (TPSA) is 87.1 Å². The molecule has 0 amide bonds. The molecule has 2 N–H and O–H groups in total. The fourth-order valence-electron chi connectivity index (χ4n) is 4.86. The van der Waals surface area contributed by atoms with E-state index in [2.05, 4.69) is 57.1 Å². The highest BCUT2D eigenvalue weighted by atomic mass is 16.5. The lowest BCUT2D eigenvalue weighted by molar-refractivity contribution is -0.166. The Hall–Kier alpha value is -1.92. The Labute approximate surface area is 173 Å². The van der Waals surface area contributed by atoms with E-state index in [1.54, 1.807) is 0 Å². The fourth-order valence-corrected chi connectivity index (χ4v) is 4.86. The number of carboxylic acid groups (broad SMARTS) is 2. The first-order chi connectivity index (χ1) is 13.6. The zero-order chi connectivity index (χ0) is 21.7. The van der Waals surface area contributed by atoms with Crippen molar-refractivity contribution < 1.29 is 24.5 Å². The molecule has 0 aromatic heterocycles. The molecule has 1 heterocycles. The Morgan fingerprint density at radius 2 is 1.59 bits per heavy atom. The van der Waals surface area contributed by atoms with Gasteiger partial charge in [0.1, 0.15) is 0 Å². The van der Waals surface area contributed by atoms with Crippen molar-refractivity contribution in [3.05, 3.63) is 35.4 Å². The van der Waals surface area contributed by atoms with Crippen molar-refractivity contribution >= 4 is 11.9 Å². The molecule has 2 aliphatic rings. The minimum atomic E-state index is -1.82. The van der Waals surface area contributed by atoms with Gasteiger partial charge in [-0.05, 0) is 77.2 Å². The molecule has 6 nitrogen and oxygen atoms in total. The first kappa shape index (κ1) is 23.4. The lowest BCUT2D eigenvalue weighted by Crippen LogP contribution is -2.39. The molecule has 1 aliphatic carbocycles. The summed E-state index contributed by atoms with van der Waals surface area (Å²) in [7, 11) is 4.33. The van der Waals surface area contributed by atoms with Crippen molar-refractivity contribution in [2.75, 3.05) is 20.6 Å². The van der Waals surface area contributed by atoms with Gasteiger partial charge >= 0.3 is 11.9 Å². The second-order valence-electron chi connectivity index (χ2n) is 8.90. The van der Waals surface area contributed by atoms with Gasteiger partial charge in [0, 0.05) is 0 Å². The second-order valence-corrected chi connectivity index (χ2v) is 8.90. The van der Waals surface area contributed by atoms with Gasteiger partial charge in [0.25, 0.3) is 0 Å². The number of rotatable bonds is 5. The van der Waals surface area contributed by atoms with Gasteiger partial charge < -0.3 is 19.8 Å². The van der Waals surface area contributed by atoms with E-state index in [1.165, 1.54) is 49.7 Å². The zero-order valence-electron chi connectivity index (χ0n) is 18.1. The largest absolute Gasteiger partial charge is 0.473 e. The number of benzene rings is 1. The Kier molecular flexibility index (Phi) is 7.83. The lowest BCUT2D eigenvalue weighted by atomic mass is 9.71. The SMILES string of the molecule is CN(C)CCCC1(C2CCCCC2)OC(C)(C)c2ccccc21.O=C(O)C(=O)O. The molecule has 29 heavy (non-hydrogen) atoms. The summed E-state index contributed by atoms with van der Waals surface area (Å²) in [6, 6.07) is 8.99. The minimum Gasteiger partial charge on any atom is -0.473 e. The molecule has 1 aromatic rings. The van der Waals surface area contributed by atoms with Gasteiger partial charge in [0.05, 0.1) is 11.2 Å².